The van der Waals surface area contributed by atoms with Gasteiger partial charge in [0.05, 0.1) is 0 Å². The average molecular weight is 295 g/mol. The number of alkyl halides is 1. The van der Waals surface area contributed by atoms with E-state index in [9.17, 15) is 4.79 Å². The Balaban J connectivity index is 1.93. The van der Waals surface area contributed by atoms with Gasteiger partial charge in [-0.25, -0.2) is 0 Å². The lowest BCUT2D eigenvalue weighted by Gasteiger charge is -2.23. The van der Waals surface area contributed by atoms with Crippen LogP contribution in [0.2, 0.25) is 0 Å². The van der Waals surface area contributed by atoms with Gasteiger partial charge in [-0.3, -0.25) is 9.69 Å². The van der Waals surface area contributed by atoms with Crippen LogP contribution in [0.1, 0.15) is 25.7 Å². The Kier molecular flexibility index (Phi) is 2.53. The molecule has 1 aliphatic carbocycles. The SMILES string of the molecule is O=C(O)C1CCCN1CC1(I)CC1. The third-order valence-corrected chi connectivity index (χ3v) is 4.35. The van der Waals surface area contributed by atoms with E-state index in [0.29, 0.717) is 3.42 Å². The number of carbonyl (C=O) groups is 1. The Morgan fingerprint density at radius 2 is 2.31 bits per heavy atom. The van der Waals surface area contributed by atoms with Crippen molar-refractivity contribution in [2.75, 3.05) is 13.1 Å². The monoisotopic (exact) mass is 295 g/mol. The van der Waals surface area contributed by atoms with Crippen LogP contribution in [0.15, 0.2) is 0 Å². The fourth-order valence-electron chi connectivity index (χ4n) is 1.95. The molecule has 0 bridgehead atoms. The summed E-state index contributed by atoms with van der Waals surface area (Å²) in [5.74, 6) is -0.641. The molecule has 0 aromatic heterocycles. The molecular weight excluding hydrogens is 281 g/mol. The predicted molar refractivity (Wildman–Crippen MR) is 58.2 cm³/mol. The zero-order valence-electron chi connectivity index (χ0n) is 7.50. The number of aliphatic carboxylic acids is 1. The van der Waals surface area contributed by atoms with Crippen molar-refractivity contribution < 1.29 is 9.90 Å². The van der Waals surface area contributed by atoms with Gasteiger partial charge in [0.1, 0.15) is 6.04 Å². The molecule has 0 aromatic carbocycles. The summed E-state index contributed by atoms with van der Waals surface area (Å²) in [6.07, 6.45) is 4.40. The van der Waals surface area contributed by atoms with Gasteiger partial charge in [-0.2, -0.15) is 0 Å². The minimum atomic E-state index is -0.641. The highest BCUT2D eigenvalue weighted by Gasteiger charge is 2.44. The molecule has 1 heterocycles. The van der Waals surface area contributed by atoms with Crippen LogP contribution in [0.3, 0.4) is 0 Å². The van der Waals surface area contributed by atoms with E-state index in [1.54, 1.807) is 0 Å². The Morgan fingerprint density at radius 1 is 1.62 bits per heavy atom. The molecule has 1 saturated carbocycles. The maximum absolute atomic E-state index is 10.9. The summed E-state index contributed by atoms with van der Waals surface area (Å²) in [5.41, 5.74) is 0. The molecule has 1 saturated heterocycles. The molecule has 0 aromatic rings. The number of nitrogens with zero attached hydrogens (tertiary/aromatic N) is 1. The number of hydrogen-bond acceptors (Lipinski definition) is 2. The van der Waals surface area contributed by atoms with Gasteiger partial charge in [-0.05, 0) is 32.2 Å². The number of carboxylic acid groups (broad SMARTS) is 1. The summed E-state index contributed by atoms with van der Waals surface area (Å²) < 4.78 is 0.412. The zero-order valence-corrected chi connectivity index (χ0v) is 9.66. The van der Waals surface area contributed by atoms with Crippen molar-refractivity contribution in [2.45, 2.75) is 35.1 Å². The standard InChI is InChI=1S/C9H14INO2/c10-9(3-4-9)6-11-5-1-2-7(11)8(12)13/h7H,1-6H2,(H,12,13). The molecule has 1 atom stereocenters. The molecule has 3 nitrogen and oxygen atoms in total. The van der Waals surface area contributed by atoms with Crippen molar-refractivity contribution in [1.29, 1.82) is 0 Å². The number of rotatable bonds is 3. The molecule has 2 aliphatic rings. The van der Waals surface area contributed by atoms with Crippen LogP contribution in [-0.2, 0) is 4.79 Å². The number of hydrogen-bond donors (Lipinski definition) is 1. The second-order valence-corrected chi connectivity index (χ2v) is 6.41. The predicted octanol–water partition coefficient (Wildman–Crippen LogP) is 1.50. The lowest BCUT2D eigenvalue weighted by atomic mass is 10.2. The Hall–Kier alpha value is 0.160. The summed E-state index contributed by atoms with van der Waals surface area (Å²) in [7, 11) is 0. The first-order valence-electron chi connectivity index (χ1n) is 4.76. The van der Waals surface area contributed by atoms with Gasteiger partial charge in [0, 0.05) is 9.97 Å². The van der Waals surface area contributed by atoms with Gasteiger partial charge in [0.15, 0.2) is 0 Å². The third kappa shape index (κ3) is 2.15. The molecule has 0 spiro atoms. The van der Waals surface area contributed by atoms with Crippen molar-refractivity contribution in [3.63, 3.8) is 0 Å². The molecule has 2 fully saturated rings. The second-order valence-electron chi connectivity index (χ2n) is 4.12. The van der Waals surface area contributed by atoms with Crippen LogP contribution in [0.25, 0.3) is 0 Å². The molecule has 4 heteroatoms. The van der Waals surface area contributed by atoms with E-state index in [1.165, 1.54) is 12.8 Å². The molecular formula is C9H14INO2. The smallest absolute Gasteiger partial charge is 0.320 e. The van der Waals surface area contributed by atoms with E-state index in [4.69, 9.17) is 5.11 Å². The van der Waals surface area contributed by atoms with Gasteiger partial charge >= 0.3 is 5.97 Å². The van der Waals surface area contributed by atoms with Crippen LogP contribution < -0.4 is 0 Å². The van der Waals surface area contributed by atoms with E-state index in [0.717, 1.165) is 25.9 Å². The molecule has 13 heavy (non-hydrogen) atoms. The Labute approximate surface area is 91.6 Å². The van der Waals surface area contributed by atoms with Crippen LogP contribution in [-0.4, -0.2) is 38.5 Å². The number of halogens is 1. The molecule has 1 aliphatic heterocycles. The minimum Gasteiger partial charge on any atom is -0.480 e. The first kappa shape index (κ1) is 9.71. The Bertz CT molecular complexity index is 228. The first-order valence-corrected chi connectivity index (χ1v) is 5.84. The van der Waals surface area contributed by atoms with Crippen molar-refractivity contribution >= 4 is 28.6 Å². The highest BCUT2D eigenvalue weighted by Crippen LogP contribution is 2.46. The fraction of sp³-hybridized carbons (Fsp3) is 0.889. The highest BCUT2D eigenvalue weighted by atomic mass is 127. The maximum Gasteiger partial charge on any atom is 0.320 e. The summed E-state index contributed by atoms with van der Waals surface area (Å²) >= 11 is 2.48. The van der Waals surface area contributed by atoms with Crippen LogP contribution in [0.5, 0.6) is 0 Å². The largest absolute Gasteiger partial charge is 0.480 e. The topological polar surface area (TPSA) is 40.5 Å². The summed E-state index contributed by atoms with van der Waals surface area (Å²) in [6.45, 7) is 1.95. The normalized spacial score (nSPS) is 31.9. The van der Waals surface area contributed by atoms with Gasteiger partial charge in [-0.15, -0.1) is 0 Å². The van der Waals surface area contributed by atoms with Crippen LogP contribution >= 0.6 is 22.6 Å². The van der Waals surface area contributed by atoms with E-state index in [2.05, 4.69) is 27.5 Å². The quantitative estimate of drug-likeness (QED) is 0.634. The van der Waals surface area contributed by atoms with Crippen molar-refractivity contribution in [3.8, 4) is 0 Å². The zero-order chi connectivity index (χ0) is 9.47. The fourth-order valence-corrected chi connectivity index (χ4v) is 2.66. The van der Waals surface area contributed by atoms with Crippen molar-refractivity contribution in [2.24, 2.45) is 0 Å². The van der Waals surface area contributed by atoms with E-state index >= 15 is 0 Å². The number of carboxylic acids is 1. The number of likely N-dealkylation sites (tertiary alicyclic amines) is 1. The lowest BCUT2D eigenvalue weighted by molar-refractivity contribution is -0.142. The van der Waals surface area contributed by atoms with Gasteiger partial charge in [0.2, 0.25) is 0 Å². The van der Waals surface area contributed by atoms with Gasteiger partial charge in [0.25, 0.3) is 0 Å². The lowest BCUT2D eigenvalue weighted by Crippen LogP contribution is -2.39. The summed E-state index contributed by atoms with van der Waals surface area (Å²) in [5, 5.41) is 8.96. The highest BCUT2D eigenvalue weighted by molar-refractivity contribution is 14.1. The van der Waals surface area contributed by atoms with Crippen LogP contribution in [0, 0.1) is 0 Å². The minimum absolute atomic E-state index is 0.202. The molecule has 1 N–H and O–H groups in total. The summed E-state index contributed by atoms with van der Waals surface area (Å²) in [6, 6.07) is -0.202. The molecule has 0 amide bonds. The average Bonchev–Trinajstić information content (AvgIpc) is 2.63. The van der Waals surface area contributed by atoms with Crippen LogP contribution in [0.4, 0.5) is 0 Å². The maximum atomic E-state index is 10.9. The van der Waals surface area contributed by atoms with E-state index < -0.39 is 5.97 Å². The van der Waals surface area contributed by atoms with E-state index in [-0.39, 0.29) is 6.04 Å². The molecule has 1 unspecified atom stereocenters. The summed E-state index contributed by atoms with van der Waals surface area (Å²) in [4.78, 5) is 13.0. The Morgan fingerprint density at radius 3 is 2.85 bits per heavy atom. The molecule has 0 radical (unpaired) electrons. The van der Waals surface area contributed by atoms with E-state index in [1.807, 2.05) is 0 Å². The third-order valence-electron chi connectivity index (χ3n) is 2.93. The van der Waals surface area contributed by atoms with Gasteiger partial charge in [-0.1, -0.05) is 22.6 Å². The molecule has 74 valence electrons. The van der Waals surface area contributed by atoms with Crippen molar-refractivity contribution in [3.05, 3.63) is 0 Å². The van der Waals surface area contributed by atoms with Crippen molar-refractivity contribution in [1.82, 2.24) is 4.90 Å². The first-order chi connectivity index (χ1) is 6.11. The second kappa shape index (κ2) is 3.38. The molecule has 2 rings (SSSR count). The van der Waals surface area contributed by atoms with Gasteiger partial charge < -0.3 is 5.11 Å².